The summed E-state index contributed by atoms with van der Waals surface area (Å²) >= 11 is 6.58. The van der Waals surface area contributed by atoms with Gasteiger partial charge >= 0.3 is 0 Å². The number of hydrogen-bond acceptors (Lipinski definition) is 4. The molecule has 1 heterocycles. The number of para-hydroxylation sites is 1. The van der Waals surface area contributed by atoms with E-state index in [1.165, 1.54) is 24.3 Å². The van der Waals surface area contributed by atoms with Crippen molar-refractivity contribution < 1.29 is 17.6 Å². The summed E-state index contributed by atoms with van der Waals surface area (Å²) < 4.78 is 31.8. The molecule has 0 saturated heterocycles. The average Bonchev–Trinajstić information content (AvgIpc) is 3.08. The van der Waals surface area contributed by atoms with E-state index in [1.54, 1.807) is 30.3 Å². The SMILES string of the molecule is O=C(Nc1ccccc1Br)c1ccc(S(=O)(=O)c2ccc(Br)cc2)o1. The number of anilines is 1. The lowest BCUT2D eigenvalue weighted by atomic mass is 10.3. The highest BCUT2D eigenvalue weighted by Gasteiger charge is 2.23. The summed E-state index contributed by atoms with van der Waals surface area (Å²) in [7, 11) is -3.83. The number of nitrogens with one attached hydrogen (secondary N) is 1. The molecule has 0 radical (unpaired) electrons. The Labute approximate surface area is 161 Å². The van der Waals surface area contributed by atoms with Crippen molar-refractivity contribution >= 4 is 53.3 Å². The van der Waals surface area contributed by atoms with E-state index in [-0.39, 0.29) is 15.7 Å². The van der Waals surface area contributed by atoms with E-state index >= 15 is 0 Å². The van der Waals surface area contributed by atoms with Gasteiger partial charge in [-0.25, -0.2) is 8.42 Å². The number of hydrogen-bond donors (Lipinski definition) is 1. The predicted octanol–water partition coefficient (Wildman–Crippen LogP) is 4.89. The Bertz CT molecular complexity index is 1030. The quantitative estimate of drug-likeness (QED) is 0.571. The first-order valence-electron chi connectivity index (χ1n) is 7.04. The molecule has 0 atom stereocenters. The predicted molar refractivity (Wildman–Crippen MR) is 100 cm³/mol. The molecule has 0 aliphatic carbocycles. The number of rotatable bonds is 4. The van der Waals surface area contributed by atoms with Crippen LogP contribution in [0.1, 0.15) is 10.6 Å². The molecule has 1 N–H and O–H groups in total. The maximum atomic E-state index is 12.5. The smallest absolute Gasteiger partial charge is 0.291 e. The van der Waals surface area contributed by atoms with Crippen molar-refractivity contribution in [2.75, 3.05) is 5.32 Å². The molecule has 25 heavy (non-hydrogen) atoms. The molecule has 1 amide bonds. The third kappa shape index (κ3) is 3.86. The summed E-state index contributed by atoms with van der Waals surface area (Å²) in [5.41, 5.74) is 0.557. The molecule has 0 fully saturated rings. The summed E-state index contributed by atoms with van der Waals surface area (Å²) in [5.74, 6) is -0.629. The minimum absolute atomic E-state index is 0.0859. The van der Waals surface area contributed by atoms with E-state index in [9.17, 15) is 13.2 Å². The molecule has 5 nitrogen and oxygen atoms in total. The highest BCUT2D eigenvalue weighted by atomic mass is 79.9. The molecule has 0 unspecified atom stereocenters. The van der Waals surface area contributed by atoms with Gasteiger partial charge in [-0.15, -0.1) is 0 Å². The van der Waals surface area contributed by atoms with Gasteiger partial charge in [0.05, 0.1) is 10.6 Å². The van der Waals surface area contributed by atoms with Crippen LogP contribution in [0.2, 0.25) is 0 Å². The first kappa shape index (κ1) is 17.9. The maximum Gasteiger partial charge on any atom is 0.291 e. The zero-order chi connectivity index (χ0) is 18.0. The van der Waals surface area contributed by atoms with Gasteiger partial charge in [-0.2, -0.15) is 0 Å². The molecular formula is C17H11Br2NO4S. The van der Waals surface area contributed by atoms with Crippen LogP contribution in [0, 0.1) is 0 Å². The van der Waals surface area contributed by atoms with Gasteiger partial charge < -0.3 is 9.73 Å². The van der Waals surface area contributed by atoms with Gasteiger partial charge in [-0.1, -0.05) is 28.1 Å². The first-order valence-corrected chi connectivity index (χ1v) is 10.1. The maximum absolute atomic E-state index is 12.5. The van der Waals surface area contributed by atoms with Gasteiger partial charge in [0.25, 0.3) is 5.91 Å². The van der Waals surface area contributed by atoms with Crippen LogP contribution in [0.25, 0.3) is 0 Å². The molecule has 0 spiro atoms. The second kappa shape index (κ2) is 7.15. The van der Waals surface area contributed by atoms with Gasteiger partial charge in [0, 0.05) is 8.95 Å². The molecule has 0 saturated carbocycles. The van der Waals surface area contributed by atoms with Crippen molar-refractivity contribution in [3.8, 4) is 0 Å². The van der Waals surface area contributed by atoms with E-state index < -0.39 is 15.7 Å². The number of benzene rings is 2. The van der Waals surface area contributed by atoms with Crippen molar-refractivity contribution in [3.63, 3.8) is 0 Å². The summed E-state index contributed by atoms with van der Waals surface area (Å²) in [6, 6.07) is 15.8. The van der Waals surface area contributed by atoms with Gasteiger partial charge in [0.15, 0.2) is 5.76 Å². The summed E-state index contributed by atoms with van der Waals surface area (Å²) in [6.07, 6.45) is 0. The molecule has 3 aromatic rings. The number of halogens is 2. The molecule has 0 aliphatic heterocycles. The number of furan rings is 1. The standard InChI is InChI=1S/C17H11Br2NO4S/c18-11-5-7-12(8-6-11)25(22,23)16-10-9-15(24-16)17(21)20-14-4-2-1-3-13(14)19/h1-10H,(H,20,21). The number of amides is 1. The lowest BCUT2D eigenvalue weighted by Crippen LogP contribution is -2.11. The molecule has 0 bridgehead atoms. The van der Waals surface area contributed by atoms with Crippen LogP contribution < -0.4 is 5.32 Å². The molecule has 1 aromatic heterocycles. The van der Waals surface area contributed by atoms with Crippen molar-refractivity contribution in [2.24, 2.45) is 0 Å². The zero-order valence-electron chi connectivity index (χ0n) is 12.6. The van der Waals surface area contributed by atoms with Crippen LogP contribution >= 0.6 is 31.9 Å². The second-order valence-electron chi connectivity index (χ2n) is 5.01. The minimum atomic E-state index is -3.83. The highest BCUT2D eigenvalue weighted by molar-refractivity contribution is 9.10. The van der Waals surface area contributed by atoms with E-state index in [2.05, 4.69) is 37.2 Å². The molecule has 2 aromatic carbocycles. The van der Waals surface area contributed by atoms with Crippen molar-refractivity contribution in [1.82, 2.24) is 0 Å². The lowest BCUT2D eigenvalue weighted by molar-refractivity contribution is 0.0991. The van der Waals surface area contributed by atoms with Gasteiger partial charge in [-0.3, -0.25) is 4.79 Å². The Balaban J connectivity index is 1.85. The molecule has 128 valence electrons. The number of sulfone groups is 1. The zero-order valence-corrected chi connectivity index (χ0v) is 16.6. The van der Waals surface area contributed by atoms with Crippen molar-refractivity contribution in [2.45, 2.75) is 9.99 Å². The molecule has 3 rings (SSSR count). The Kier molecular flexibility index (Phi) is 5.12. The monoisotopic (exact) mass is 483 g/mol. The van der Waals surface area contributed by atoms with Crippen molar-refractivity contribution in [1.29, 1.82) is 0 Å². The molecule has 0 aliphatic rings. The van der Waals surface area contributed by atoms with Crippen LogP contribution in [0.3, 0.4) is 0 Å². The molecule has 8 heteroatoms. The third-order valence-corrected chi connectivity index (χ3v) is 6.18. The third-order valence-electron chi connectivity index (χ3n) is 3.32. The second-order valence-corrected chi connectivity index (χ2v) is 8.66. The Hall–Kier alpha value is -1.90. The van der Waals surface area contributed by atoms with Crippen LogP contribution in [-0.4, -0.2) is 14.3 Å². The van der Waals surface area contributed by atoms with Gasteiger partial charge in [0.2, 0.25) is 14.9 Å². The summed E-state index contributed by atoms with van der Waals surface area (Å²) in [4.78, 5) is 12.3. The Morgan fingerprint density at radius 3 is 2.28 bits per heavy atom. The minimum Gasteiger partial charge on any atom is -0.439 e. The highest BCUT2D eigenvalue weighted by Crippen LogP contribution is 2.26. The van der Waals surface area contributed by atoms with Gasteiger partial charge in [0.1, 0.15) is 0 Å². The average molecular weight is 485 g/mol. The van der Waals surface area contributed by atoms with Crippen molar-refractivity contribution in [3.05, 3.63) is 75.4 Å². The van der Waals surface area contributed by atoms with E-state index in [0.29, 0.717) is 10.2 Å². The summed E-state index contributed by atoms with van der Waals surface area (Å²) in [5, 5.41) is 2.37. The van der Waals surface area contributed by atoms with E-state index in [4.69, 9.17) is 4.42 Å². The Morgan fingerprint density at radius 1 is 0.920 bits per heavy atom. The fourth-order valence-corrected chi connectivity index (χ4v) is 3.88. The van der Waals surface area contributed by atoms with E-state index in [1.807, 2.05) is 6.07 Å². The van der Waals surface area contributed by atoms with Crippen LogP contribution in [0.4, 0.5) is 5.69 Å². The number of carbonyl (C=O) groups is 1. The lowest BCUT2D eigenvalue weighted by Gasteiger charge is -2.05. The van der Waals surface area contributed by atoms with Crippen LogP contribution in [0.5, 0.6) is 0 Å². The van der Waals surface area contributed by atoms with Crippen LogP contribution in [-0.2, 0) is 9.84 Å². The van der Waals surface area contributed by atoms with Gasteiger partial charge in [-0.05, 0) is 64.5 Å². The normalized spacial score (nSPS) is 11.3. The topological polar surface area (TPSA) is 76.4 Å². The van der Waals surface area contributed by atoms with Crippen LogP contribution in [0.15, 0.2) is 84.0 Å². The summed E-state index contributed by atoms with van der Waals surface area (Å²) in [6.45, 7) is 0. The van der Waals surface area contributed by atoms with E-state index in [0.717, 1.165) is 4.47 Å². The largest absolute Gasteiger partial charge is 0.439 e. The fraction of sp³-hybridized carbons (Fsp3) is 0. The first-order chi connectivity index (χ1) is 11.9. The Morgan fingerprint density at radius 2 is 1.60 bits per heavy atom. The fourth-order valence-electron chi connectivity index (χ4n) is 2.06. The number of carbonyl (C=O) groups excluding carboxylic acids is 1. The molecular weight excluding hydrogens is 474 g/mol.